The molecule has 0 aliphatic carbocycles. The summed E-state index contributed by atoms with van der Waals surface area (Å²) in [6, 6.07) is 10.3. The molecule has 1 aliphatic heterocycles. The molecule has 1 aliphatic rings. The molecule has 1 fully saturated rings. The molecule has 2 aromatic rings. The van der Waals surface area contributed by atoms with Gasteiger partial charge in [-0.2, -0.15) is 0 Å². The summed E-state index contributed by atoms with van der Waals surface area (Å²) < 4.78 is 10.6. The standard InChI is InChI=1S/C20H27N3O2/c1-24-18-7-6-16(12-19(18)25-2)14-21-15-17-8-9-22-20(13-17)23-10-4-3-5-11-23/h6-9,12-13,21H,3-5,10-11,14-15H2,1-2H3. The van der Waals surface area contributed by atoms with Gasteiger partial charge in [0.15, 0.2) is 11.5 Å². The van der Waals surface area contributed by atoms with Crippen LogP contribution in [0.3, 0.4) is 0 Å². The Morgan fingerprint density at radius 1 is 0.920 bits per heavy atom. The summed E-state index contributed by atoms with van der Waals surface area (Å²) in [5.41, 5.74) is 2.43. The molecule has 0 atom stereocenters. The molecule has 25 heavy (non-hydrogen) atoms. The number of nitrogens with zero attached hydrogens (tertiary/aromatic N) is 2. The quantitative estimate of drug-likeness (QED) is 0.836. The van der Waals surface area contributed by atoms with Gasteiger partial charge >= 0.3 is 0 Å². The van der Waals surface area contributed by atoms with Crippen molar-refractivity contribution in [1.82, 2.24) is 10.3 Å². The summed E-state index contributed by atoms with van der Waals surface area (Å²) in [4.78, 5) is 6.93. The van der Waals surface area contributed by atoms with Crippen molar-refractivity contribution >= 4 is 5.82 Å². The summed E-state index contributed by atoms with van der Waals surface area (Å²) in [5.74, 6) is 2.62. The van der Waals surface area contributed by atoms with Crippen LogP contribution in [0.2, 0.25) is 0 Å². The fraction of sp³-hybridized carbons (Fsp3) is 0.450. The van der Waals surface area contributed by atoms with Crippen LogP contribution >= 0.6 is 0 Å². The zero-order chi connectivity index (χ0) is 17.5. The lowest BCUT2D eigenvalue weighted by Crippen LogP contribution is -2.30. The molecular formula is C20H27N3O2. The van der Waals surface area contributed by atoms with Crippen LogP contribution in [0.5, 0.6) is 11.5 Å². The summed E-state index contributed by atoms with van der Waals surface area (Å²) in [6.07, 6.45) is 5.79. The predicted octanol–water partition coefficient (Wildman–Crippen LogP) is 3.38. The molecule has 1 aromatic heterocycles. The maximum atomic E-state index is 5.36. The molecule has 0 saturated carbocycles. The molecule has 1 N–H and O–H groups in total. The average molecular weight is 341 g/mol. The Morgan fingerprint density at radius 3 is 2.36 bits per heavy atom. The minimum atomic E-state index is 0.756. The van der Waals surface area contributed by atoms with E-state index < -0.39 is 0 Å². The van der Waals surface area contributed by atoms with Crippen LogP contribution in [0.4, 0.5) is 5.82 Å². The second-order valence-electron chi connectivity index (χ2n) is 6.36. The van der Waals surface area contributed by atoms with E-state index in [4.69, 9.17) is 9.47 Å². The van der Waals surface area contributed by atoms with Crippen molar-refractivity contribution in [3.63, 3.8) is 0 Å². The fourth-order valence-corrected chi connectivity index (χ4v) is 3.21. The number of pyridine rings is 1. The van der Waals surface area contributed by atoms with Crippen molar-refractivity contribution < 1.29 is 9.47 Å². The lowest BCUT2D eigenvalue weighted by atomic mass is 10.1. The van der Waals surface area contributed by atoms with Gasteiger partial charge in [0, 0.05) is 32.4 Å². The smallest absolute Gasteiger partial charge is 0.161 e. The second kappa shape index (κ2) is 8.72. The molecule has 134 valence electrons. The van der Waals surface area contributed by atoms with E-state index in [1.54, 1.807) is 14.2 Å². The van der Waals surface area contributed by atoms with Gasteiger partial charge in [-0.05, 0) is 54.7 Å². The molecule has 1 saturated heterocycles. The molecule has 5 heteroatoms. The van der Waals surface area contributed by atoms with E-state index in [9.17, 15) is 0 Å². The monoisotopic (exact) mass is 341 g/mol. The number of hydrogen-bond donors (Lipinski definition) is 1. The Bertz CT molecular complexity index is 684. The molecule has 0 unspecified atom stereocenters. The first-order valence-electron chi connectivity index (χ1n) is 8.91. The largest absolute Gasteiger partial charge is 0.493 e. The van der Waals surface area contributed by atoms with Crippen molar-refractivity contribution in [2.45, 2.75) is 32.4 Å². The Morgan fingerprint density at radius 2 is 1.64 bits per heavy atom. The number of rotatable bonds is 7. The van der Waals surface area contributed by atoms with Gasteiger partial charge < -0.3 is 19.7 Å². The summed E-state index contributed by atoms with van der Waals surface area (Å²) >= 11 is 0. The molecule has 0 bridgehead atoms. The summed E-state index contributed by atoms with van der Waals surface area (Å²) in [5, 5.41) is 3.49. The third kappa shape index (κ3) is 4.63. The van der Waals surface area contributed by atoms with E-state index in [1.165, 1.54) is 30.4 Å². The Kier molecular flexibility index (Phi) is 6.12. The third-order valence-electron chi connectivity index (χ3n) is 4.60. The van der Waals surface area contributed by atoms with Gasteiger partial charge in [0.1, 0.15) is 5.82 Å². The van der Waals surface area contributed by atoms with E-state index in [0.29, 0.717) is 0 Å². The van der Waals surface area contributed by atoms with Gasteiger partial charge in [-0.3, -0.25) is 0 Å². The van der Waals surface area contributed by atoms with Crippen molar-refractivity contribution in [2.24, 2.45) is 0 Å². The van der Waals surface area contributed by atoms with Crippen LogP contribution in [0.15, 0.2) is 36.5 Å². The minimum absolute atomic E-state index is 0.756. The molecule has 0 amide bonds. The number of ether oxygens (including phenoxy) is 2. The van der Waals surface area contributed by atoms with Crippen molar-refractivity contribution in [2.75, 3.05) is 32.2 Å². The van der Waals surface area contributed by atoms with Crippen molar-refractivity contribution in [1.29, 1.82) is 0 Å². The maximum Gasteiger partial charge on any atom is 0.161 e. The summed E-state index contributed by atoms with van der Waals surface area (Å²) in [7, 11) is 3.31. The van der Waals surface area contributed by atoms with Crippen LogP contribution in [0.1, 0.15) is 30.4 Å². The first-order valence-corrected chi connectivity index (χ1v) is 8.91. The van der Waals surface area contributed by atoms with E-state index in [1.807, 2.05) is 18.3 Å². The van der Waals surface area contributed by atoms with Crippen LogP contribution in [0, 0.1) is 0 Å². The van der Waals surface area contributed by atoms with Crippen LogP contribution in [-0.2, 0) is 13.1 Å². The number of aromatic nitrogens is 1. The number of anilines is 1. The SMILES string of the molecule is COc1ccc(CNCc2ccnc(N3CCCCC3)c2)cc1OC. The van der Waals surface area contributed by atoms with Crippen LogP contribution in [-0.4, -0.2) is 32.3 Å². The second-order valence-corrected chi connectivity index (χ2v) is 6.36. The van der Waals surface area contributed by atoms with E-state index in [-0.39, 0.29) is 0 Å². The molecule has 0 radical (unpaired) electrons. The molecular weight excluding hydrogens is 314 g/mol. The molecule has 0 spiro atoms. The zero-order valence-electron chi connectivity index (χ0n) is 15.1. The minimum Gasteiger partial charge on any atom is -0.493 e. The third-order valence-corrected chi connectivity index (χ3v) is 4.60. The van der Waals surface area contributed by atoms with Gasteiger partial charge in [-0.1, -0.05) is 6.07 Å². The van der Waals surface area contributed by atoms with Crippen LogP contribution in [0.25, 0.3) is 0 Å². The molecule has 3 rings (SSSR count). The van der Waals surface area contributed by atoms with Gasteiger partial charge in [0.2, 0.25) is 0 Å². The van der Waals surface area contributed by atoms with Gasteiger partial charge in [-0.25, -0.2) is 4.98 Å². The normalized spacial score (nSPS) is 14.4. The number of hydrogen-bond acceptors (Lipinski definition) is 5. The van der Waals surface area contributed by atoms with Crippen molar-refractivity contribution in [3.8, 4) is 11.5 Å². The lowest BCUT2D eigenvalue weighted by Gasteiger charge is -2.27. The first kappa shape index (κ1) is 17.5. The highest BCUT2D eigenvalue weighted by atomic mass is 16.5. The zero-order valence-corrected chi connectivity index (χ0v) is 15.1. The fourth-order valence-electron chi connectivity index (χ4n) is 3.21. The van der Waals surface area contributed by atoms with Crippen molar-refractivity contribution in [3.05, 3.63) is 47.7 Å². The average Bonchev–Trinajstić information content (AvgIpc) is 2.69. The van der Waals surface area contributed by atoms with Gasteiger partial charge in [0.05, 0.1) is 14.2 Å². The Balaban J connectivity index is 1.57. The lowest BCUT2D eigenvalue weighted by molar-refractivity contribution is 0.354. The highest BCUT2D eigenvalue weighted by Gasteiger charge is 2.12. The number of methoxy groups -OCH3 is 2. The molecule has 1 aromatic carbocycles. The topological polar surface area (TPSA) is 46.6 Å². The van der Waals surface area contributed by atoms with E-state index >= 15 is 0 Å². The van der Waals surface area contributed by atoms with Gasteiger partial charge in [-0.15, -0.1) is 0 Å². The van der Waals surface area contributed by atoms with E-state index in [0.717, 1.165) is 43.5 Å². The Labute approximate surface area is 150 Å². The number of nitrogens with one attached hydrogen (secondary N) is 1. The van der Waals surface area contributed by atoms with Crippen LogP contribution < -0.4 is 19.7 Å². The molecule has 2 heterocycles. The highest BCUT2D eigenvalue weighted by Crippen LogP contribution is 2.27. The summed E-state index contributed by atoms with van der Waals surface area (Å²) in [6.45, 7) is 3.84. The highest BCUT2D eigenvalue weighted by molar-refractivity contribution is 5.43. The maximum absolute atomic E-state index is 5.36. The van der Waals surface area contributed by atoms with Gasteiger partial charge in [0.25, 0.3) is 0 Å². The Hall–Kier alpha value is -2.27. The number of piperidine rings is 1. The van der Waals surface area contributed by atoms with E-state index in [2.05, 4.69) is 33.4 Å². The first-order chi connectivity index (χ1) is 12.3. The predicted molar refractivity (Wildman–Crippen MR) is 100 cm³/mol. The molecule has 5 nitrogen and oxygen atoms in total. The number of benzene rings is 1.